The molecule has 27 heavy (non-hydrogen) atoms. The maximum absolute atomic E-state index is 12.7. The summed E-state index contributed by atoms with van der Waals surface area (Å²) in [5.41, 5.74) is 2.41. The molecule has 6 nitrogen and oxygen atoms in total. The fourth-order valence-electron chi connectivity index (χ4n) is 3.60. The number of aromatic amines is 1. The predicted octanol–water partition coefficient (Wildman–Crippen LogP) is 2.90. The number of hydrogen-bond donors (Lipinski definition) is 2. The van der Waals surface area contributed by atoms with Crippen LogP contribution in [0.3, 0.4) is 0 Å². The molecule has 0 spiro atoms. The molecule has 148 valence electrons. The van der Waals surface area contributed by atoms with Gasteiger partial charge in [-0.15, -0.1) is 0 Å². The van der Waals surface area contributed by atoms with Gasteiger partial charge in [0, 0.05) is 36.3 Å². The van der Waals surface area contributed by atoms with Crippen molar-refractivity contribution in [2.75, 3.05) is 19.6 Å². The van der Waals surface area contributed by atoms with Gasteiger partial charge in [0.05, 0.1) is 11.1 Å². The fourth-order valence-corrected chi connectivity index (χ4v) is 5.09. The van der Waals surface area contributed by atoms with E-state index in [0.29, 0.717) is 23.9 Å². The SMILES string of the molecule is CC(C)(C)c1[nH]ncc1CNCC1CCN(S(=O)(=O)c2ccccc2)CC1. The molecule has 0 radical (unpaired) electrons. The highest BCUT2D eigenvalue weighted by atomic mass is 32.2. The predicted molar refractivity (Wildman–Crippen MR) is 107 cm³/mol. The Morgan fingerprint density at radius 1 is 1.19 bits per heavy atom. The van der Waals surface area contributed by atoms with Crippen LogP contribution < -0.4 is 5.32 Å². The van der Waals surface area contributed by atoms with Crippen molar-refractivity contribution in [1.82, 2.24) is 19.8 Å². The molecule has 0 aliphatic carbocycles. The Kier molecular flexibility index (Phi) is 6.03. The number of sulfonamides is 1. The van der Waals surface area contributed by atoms with E-state index in [4.69, 9.17) is 0 Å². The molecule has 1 fully saturated rings. The van der Waals surface area contributed by atoms with Crippen molar-refractivity contribution in [2.24, 2.45) is 5.92 Å². The Hall–Kier alpha value is -1.70. The minimum absolute atomic E-state index is 0.0463. The summed E-state index contributed by atoms with van der Waals surface area (Å²) in [6.07, 6.45) is 3.66. The van der Waals surface area contributed by atoms with E-state index in [9.17, 15) is 8.42 Å². The highest BCUT2D eigenvalue weighted by Crippen LogP contribution is 2.25. The van der Waals surface area contributed by atoms with Crippen LogP contribution in [0.25, 0.3) is 0 Å². The van der Waals surface area contributed by atoms with E-state index in [-0.39, 0.29) is 5.41 Å². The first kappa shape index (κ1) is 20.0. The molecule has 1 aliphatic rings. The van der Waals surface area contributed by atoms with Crippen molar-refractivity contribution in [3.8, 4) is 0 Å². The molecule has 1 saturated heterocycles. The summed E-state index contributed by atoms with van der Waals surface area (Å²) in [7, 11) is -3.36. The average molecular weight is 391 g/mol. The van der Waals surface area contributed by atoms with Crippen LogP contribution >= 0.6 is 0 Å². The van der Waals surface area contributed by atoms with E-state index in [2.05, 4.69) is 36.3 Å². The lowest BCUT2D eigenvalue weighted by atomic mass is 9.89. The van der Waals surface area contributed by atoms with Gasteiger partial charge in [-0.05, 0) is 37.4 Å². The molecule has 0 unspecified atom stereocenters. The van der Waals surface area contributed by atoms with Crippen molar-refractivity contribution >= 4 is 10.0 Å². The van der Waals surface area contributed by atoms with Crippen LogP contribution in [0.5, 0.6) is 0 Å². The summed E-state index contributed by atoms with van der Waals surface area (Å²) in [5.74, 6) is 0.497. The molecule has 0 bridgehead atoms. The Morgan fingerprint density at radius 2 is 1.85 bits per heavy atom. The van der Waals surface area contributed by atoms with Crippen LogP contribution in [-0.4, -0.2) is 42.6 Å². The van der Waals surface area contributed by atoms with Crippen LogP contribution in [0.1, 0.15) is 44.9 Å². The van der Waals surface area contributed by atoms with Crippen LogP contribution in [0.4, 0.5) is 0 Å². The van der Waals surface area contributed by atoms with Gasteiger partial charge in [-0.1, -0.05) is 39.0 Å². The third kappa shape index (κ3) is 4.78. The molecule has 7 heteroatoms. The second kappa shape index (κ2) is 8.12. The number of hydrogen-bond acceptors (Lipinski definition) is 4. The molecule has 2 aromatic rings. The maximum atomic E-state index is 12.7. The Morgan fingerprint density at radius 3 is 2.48 bits per heavy atom. The van der Waals surface area contributed by atoms with E-state index in [0.717, 1.165) is 25.9 Å². The summed E-state index contributed by atoms with van der Waals surface area (Å²) in [4.78, 5) is 0.385. The van der Waals surface area contributed by atoms with Crippen molar-refractivity contribution in [2.45, 2.75) is 50.5 Å². The van der Waals surface area contributed by atoms with E-state index in [1.165, 1.54) is 11.3 Å². The van der Waals surface area contributed by atoms with Crippen molar-refractivity contribution in [3.05, 3.63) is 47.8 Å². The molecular weight excluding hydrogens is 360 g/mol. The molecule has 0 atom stereocenters. The van der Waals surface area contributed by atoms with Gasteiger partial charge in [0.1, 0.15) is 0 Å². The summed E-state index contributed by atoms with van der Waals surface area (Å²) in [6.45, 7) is 9.37. The Balaban J connectivity index is 1.49. The topological polar surface area (TPSA) is 78.1 Å². The van der Waals surface area contributed by atoms with E-state index in [1.54, 1.807) is 28.6 Å². The van der Waals surface area contributed by atoms with Gasteiger partial charge in [-0.3, -0.25) is 5.10 Å². The standard InChI is InChI=1S/C20H30N4O2S/c1-20(2,3)19-17(15-22-23-19)14-21-13-16-9-11-24(12-10-16)27(25,26)18-7-5-4-6-8-18/h4-8,15-16,21H,9-14H2,1-3H3,(H,22,23). The van der Waals surface area contributed by atoms with Gasteiger partial charge in [0.15, 0.2) is 0 Å². The van der Waals surface area contributed by atoms with Gasteiger partial charge < -0.3 is 5.32 Å². The largest absolute Gasteiger partial charge is 0.312 e. The van der Waals surface area contributed by atoms with Crippen LogP contribution in [0, 0.1) is 5.92 Å². The number of aromatic nitrogens is 2. The Labute approximate surface area is 162 Å². The van der Waals surface area contributed by atoms with Gasteiger partial charge >= 0.3 is 0 Å². The van der Waals surface area contributed by atoms with Crippen LogP contribution in [0.15, 0.2) is 41.4 Å². The summed E-state index contributed by atoms with van der Waals surface area (Å²) < 4.78 is 27.0. The summed E-state index contributed by atoms with van der Waals surface area (Å²) >= 11 is 0. The highest BCUT2D eigenvalue weighted by Gasteiger charge is 2.29. The number of piperidine rings is 1. The second-order valence-corrected chi connectivity index (χ2v) is 10.2. The lowest BCUT2D eigenvalue weighted by Crippen LogP contribution is -2.40. The number of benzene rings is 1. The first-order valence-corrected chi connectivity index (χ1v) is 11.0. The summed E-state index contributed by atoms with van der Waals surface area (Å²) in [6, 6.07) is 8.71. The maximum Gasteiger partial charge on any atom is 0.243 e. The quantitative estimate of drug-likeness (QED) is 0.795. The molecule has 1 aromatic heterocycles. The van der Waals surface area contributed by atoms with E-state index in [1.807, 2.05) is 12.3 Å². The van der Waals surface area contributed by atoms with Crippen molar-refractivity contribution < 1.29 is 8.42 Å². The number of rotatable bonds is 6. The van der Waals surface area contributed by atoms with Crippen LogP contribution in [-0.2, 0) is 22.0 Å². The van der Waals surface area contributed by atoms with Gasteiger partial charge in [-0.25, -0.2) is 8.42 Å². The van der Waals surface area contributed by atoms with Crippen molar-refractivity contribution in [1.29, 1.82) is 0 Å². The molecule has 1 aromatic carbocycles. The van der Waals surface area contributed by atoms with Gasteiger partial charge in [-0.2, -0.15) is 9.40 Å². The zero-order valence-electron chi connectivity index (χ0n) is 16.4. The average Bonchev–Trinajstić information content (AvgIpc) is 3.12. The number of nitrogens with zero attached hydrogens (tertiary/aromatic N) is 2. The third-order valence-corrected chi connectivity index (χ3v) is 7.08. The van der Waals surface area contributed by atoms with Crippen molar-refractivity contribution in [3.63, 3.8) is 0 Å². The van der Waals surface area contributed by atoms with E-state index >= 15 is 0 Å². The number of H-pyrrole nitrogens is 1. The zero-order chi connectivity index (χ0) is 19.5. The second-order valence-electron chi connectivity index (χ2n) is 8.31. The molecule has 3 rings (SSSR count). The highest BCUT2D eigenvalue weighted by molar-refractivity contribution is 7.89. The minimum atomic E-state index is -3.36. The van der Waals surface area contributed by atoms with Gasteiger partial charge in [0.2, 0.25) is 10.0 Å². The Bertz CT molecular complexity index is 832. The molecule has 2 heterocycles. The molecule has 0 amide bonds. The van der Waals surface area contributed by atoms with Crippen LogP contribution in [0.2, 0.25) is 0 Å². The summed E-state index contributed by atoms with van der Waals surface area (Å²) in [5, 5.41) is 10.8. The molecule has 2 N–H and O–H groups in total. The minimum Gasteiger partial charge on any atom is -0.312 e. The normalized spacial score (nSPS) is 17.3. The lowest BCUT2D eigenvalue weighted by molar-refractivity contribution is 0.267. The third-order valence-electron chi connectivity index (χ3n) is 5.17. The monoisotopic (exact) mass is 390 g/mol. The smallest absolute Gasteiger partial charge is 0.243 e. The number of nitrogens with one attached hydrogen (secondary N) is 2. The first-order valence-electron chi connectivity index (χ1n) is 9.57. The lowest BCUT2D eigenvalue weighted by Gasteiger charge is -2.31. The first-order chi connectivity index (χ1) is 12.8. The fraction of sp³-hybridized carbons (Fsp3) is 0.550. The molecule has 0 saturated carbocycles. The van der Waals surface area contributed by atoms with Gasteiger partial charge in [0.25, 0.3) is 0 Å². The molecular formula is C20H30N4O2S. The molecule has 1 aliphatic heterocycles. The zero-order valence-corrected chi connectivity index (χ0v) is 17.2. The van der Waals surface area contributed by atoms with E-state index < -0.39 is 10.0 Å².